The minimum Gasteiger partial charge on any atom is -0.436 e. The predicted molar refractivity (Wildman–Crippen MR) is 65.0 cm³/mol. The van der Waals surface area contributed by atoms with Gasteiger partial charge in [0, 0.05) is 16.6 Å². The van der Waals surface area contributed by atoms with Crippen molar-refractivity contribution in [2.24, 2.45) is 0 Å². The second-order valence-corrected chi connectivity index (χ2v) is 4.47. The zero-order valence-corrected chi connectivity index (χ0v) is 11.0. The lowest BCUT2D eigenvalue weighted by molar-refractivity contribution is -0.385. The Morgan fingerprint density at radius 2 is 1.85 bits per heavy atom. The molecular weight excluding hydrogens is 345 g/mol. The molecule has 1 aromatic heterocycles. The van der Waals surface area contributed by atoms with Gasteiger partial charge in [-0.3, -0.25) is 10.1 Å². The molecule has 0 aliphatic rings. The number of benzene rings is 1. The Balaban J connectivity index is 2.40. The third-order valence-electron chi connectivity index (χ3n) is 2.14. The van der Waals surface area contributed by atoms with Crippen LogP contribution in [0.4, 0.5) is 18.9 Å². The van der Waals surface area contributed by atoms with E-state index in [2.05, 4.69) is 20.9 Å². The Morgan fingerprint density at radius 3 is 2.50 bits per heavy atom. The number of non-ortho nitro benzene ring substituents is 1. The van der Waals surface area contributed by atoms with Crippen LogP contribution in [0.5, 0.6) is 11.6 Å². The third-order valence-corrected chi connectivity index (χ3v) is 2.59. The number of halogens is 4. The Hall–Kier alpha value is -2.16. The van der Waals surface area contributed by atoms with E-state index < -0.39 is 28.4 Å². The SMILES string of the molecule is O=[N+]([O-])c1cc(Br)cc(Oc2nc(F)c(F)cc2F)c1. The van der Waals surface area contributed by atoms with E-state index >= 15 is 0 Å². The van der Waals surface area contributed by atoms with Crippen molar-refractivity contribution in [3.05, 3.63) is 56.4 Å². The van der Waals surface area contributed by atoms with Crippen molar-refractivity contribution < 1.29 is 22.8 Å². The van der Waals surface area contributed by atoms with Crippen molar-refractivity contribution in [1.29, 1.82) is 0 Å². The maximum atomic E-state index is 13.3. The fourth-order valence-electron chi connectivity index (χ4n) is 1.32. The summed E-state index contributed by atoms with van der Waals surface area (Å²) in [7, 11) is 0. The first-order valence-corrected chi connectivity index (χ1v) is 5.80. The molecule has 0 N–H and O–H groups in total. The molecule has 0 amide bonds. The minimum atomic E-state index is -1.54. The summed E-state index contributed by atoms with van der Waals surface area (Å²) in [5, 5.41) is 10.7. The molecule has 0 radical (unpaired) electrons. The Morgan fingerprint density at radius 1 is 1.15 bits per heavy atom. The quantitative estimate of drug-likeness (QED) is 0.478. The standard InChI is InChI=1S/C11H4BrF3N2O3/c12-5-1-6(17(18)19)3-7(2-5)20-11-9(14)4-8(13)10(15)16-11/h1-4H. The van der Waals surface area contributed by atoms with Crippen molar-refractivity contribution in [2.75, 3.05) is 0 Å². The number of hydrogen-bond acceptors (Lipinski definition) is 4. The summed E-state index contributed by atoms with van der Waals surface area (Å²) in [5.74, 6) is -5.20. The molecule has 0 aliphatic carbocycles. The number of hydrogen-bond donors (Lipinski definition) is 0. The number of ether oxygens (including phenoxy) is 1. The largest absolute Gasteiger partial charge is 0.436 e. The van der Waals surface area contributed by atoms with Crippen molar-refractivity contribution in [3.63, 3.8) is 0 Å². The van der Waals surface area contributed by atoms with E-state index in [1.165, 1.54) is 12.1 Å². The van der Waals surface area contributed by atoms with Gasteiger partial charge in [0.05, 0.1) is 11.0 Å². The molecule has 0 saturated heterocycles. The van der Waals surface area contributed by atoms with Gasteiger partial charge in [-0.1, -0.05) is 15.9 Å². The Bertz CT molecular complexity index is 697. The number of nitro benzene ring substituents is 1. The topological polar surface area (TPSA) is 65.3 Å². The maximum absolute atomic E-state index is 13.3. The molecule has 1 heterocycles. The van der Waals surface area contributed by atoms with Crippen LogP contribution in [-0.2, 0) is 0 Å². The van der Waals surface area contributed by atoms with Crippen LogP contribution in [0, 0.1) is 27.7 Å². The molecule has 104 valence electrons. The highest BCUT2D eigenvalue weighted by molar-refractivity contribution is 9.10. The number of rotatable bonds is 3. The van der Waals surface area contributed by atoms with Gasteiger partial charge in [-0.25, -0.2) is 8.78 Å². The van der Waals surface area contributed by atoms with Crippen LogP contribution < -0.4 is 4.74 Å². The fourth-order valence-corrected chi connectivity index (χ4v) is 1.78. The van der Waals surface area contributed by atoms with Gasteiger partial charge in [-0.2, -0.15) is 9.37 Å². The Kier molecular flexibility index (Phi) is 3.89. The van der Waals surface area contributed by atoms with Crippen LogP contribution in [-0.4, -0.2) is 9.91 Å². The molecule has 0 saturated carbocycles. The van der Waals surface area contributed by atoms with Crippen LogP contribution in [0.2, 0.25) is 0 Å². The average Bonchev–Trinajstić information content (AvgIpc) is 2.35. The predicted octanol–water partition coefficient (Wildman–Crippen LogP) is 3.96. The molecule has 0 fully saturated rings. The van der Waals surface area contributed by atoms with Gasteiger partial charge in [0.15, 0.2) is 11.6 Å². The van der Waals surface area contributed by atoms with E-state index in [0.717, 1.165) is 6.07 Å². The van der Waals surface area contributed by atoms with Crippen molar-refractivity contribution in [3.8, 4) is 11.6 Å². The summed E-state index contributed by atoms with van der Waals surface area (Å²) in [6.07, 6.45) is 0. The number of aromatic nitrogens is 1. The number of nitro groups is 1. The van der Waals surface area contributed by atoms with Crippen LogP contribution >= 0.6 is 15.9 Å². The summed E-state index contributed by atoms with van der Waals surface area (Å²) < 4.78 is 44.1. The highest BCUT2D eigenvalue weighted by atomic mass is 79.9. The van der Waals surface area contributed by atoms with Gasteiger partial charge in [-0.15, -0.1) is 0 Å². The Labute approximate surface area is 118 Å². The van der Waals surface area contributed by atoms with Gasteiger partial charge < -0.3 is 4.74 Å². The summed E-state index contributed by atoms with van der Waals surface area (Å²) in [6.45, 7) is 0. The van der Waals surface area contributed by atoms with Crippen LogP contribution in [0.1, 0.15) is 0 Å². The molecule has 0 aliphatic heterocycles. The summed E-state index contributed by atoms with van der Waals surface area (Å²) in [4.78, 5) is 12.9. The van der Waals surface area contributed by atoms with Gasteiger partial charge in [0.2, 0.25) is 0 Å². The van der Waals surface area contributed by atoms with Gasteiger partial charge in [0.1, 0.15) is 5.75 Å². The summed E-state index contributed by atoms with van der Waals surface area (Å²) >= 11 is 3.01. The van der Waals surface area contributed by atoms with Crippen molar-refractivity contribution in [2.45, 2.75) is 0 Å². The smallest absolute Gasteiger partial charge is 0.274 e. The first-order chi connectivity index (χ1) is 9.36. The van der Waals surface area contributed by atoms with Gasteiger partial charge in [0.25, 0.3) is 17.5 Å². The molecule has 0 bridgehead atoms. The number of nitrogens with zero attached hydrogens (tertiary/aromatic N) is 2. The van der Waals surface area contributed by atoms with E-state index in [9.17, 15) is 23.3 Å². The lowest BCUT2D eigenvalue weighted by Gasteiger charge is -2.06. The second-order valence-electron chi connectivity index (χ2n) is 3.55. The van der Waals surface area contributed by atoms with E-state index in [-0.39, 0.29) is 17.5 Å². The molecule has 0 atom stereocenters. The van der Waals surface area contributed by atoms with E-state index in [4.69, 9.17) is 4.74 Å². The van der Waals surface area contributed by atoms with Gasteiger partial charge in [-0.05, 0) is 6.07 Å². The maximum Gasteiger partial charge on any atom is 0.274 e. The first-order valence-electron chi connectivity index (χ1n) is 5.01. The zero-order valence-electron chi connectivity index (χ0n) is 9.44. The summed E-state index contributed by atoms with van der Waals surface area (Å²) in [6, 6.07) is 3.74. The summed E-state index contributed by atoms with van der Waals surface area (Å²) in [5.41, 5.74) is -0.322. The van der Waals surface area contributed by atoms with Gasteiger partial charge >= 0.3 is 0 Å². The van der Waals surface area contributed by atoms with Crippen molar-refractivity contribution in [1.82, 2.24) is 4.98 Å². The molecule has 5 nitrogen and oxygen atoms in total. The van der Waals surface area contributed by atoms with E-state index in [0.29, 0.717) is 4.47 Å². The van der Waals surface area contributed by atoms with Crippen LogP contribution in [0.15, 0.2) is 28.7 Å². The monoisotopic (exact) mass is 348 g/mol. The second kappa shape index (κ2) is 5.45. The van der Waals surface area contributed by atoms with E-state index in [1.54, 1.807) is 0 Å². The molecule has 0 spiro atoms. The highest BCUT2D eigenvalue weighted by Gasteiger charge is 2.16. The number of pyridine rings is 1. The molecule has 9 heteroatoms. The lowest BCUT2D eigenvalue weighted by Crippen LogP contribution is -1.98. The van der Waals surface area contributed by atoms with E-state index in [1.807, 2.05) is 0 Å². The molecular formula is C11H4BrF3N2O3. The highest BCUT2D eigenvalue weighted by Crippen LogP contribution is 2.30. The normalized spacial score (nSPS) is 10.4. The molecule has 20 heavy (non-hydrogen) atoms. The first kappa shape index (κ1) is 14.3. The molecule has 2 rings (SSSR count). The molecule has 0 unspecified atom stereocenters. The fraction of sp³-hybridized carbons (Fsp3) is 0. The van der Waals surface area contributed by atoms with Crippen LogP contribution in [0.25, 0.3) is 0 Å². The molecule has 2 aromatic rings. The van der Waals surface area contributed by atoms with Crippen molar-refractivity contribution >= 4 is 21.6 Å². The molecule has 1 aromatic carbocycles. The van der Waals surface area contributed by atoms with Crippen LogP contribution in [0.3, 0.4) is 0 Å². The third kappa shape index (κ3) is 3.05. The minimum absolute atomic E-state index is 0.150. The lowest BCUT2D eigenvalue weighted by atomic mass is 10.3. The zero-order chi connectivity index (χ0) is 14.9. The average molecular weight is 349 g/mol.